The van der Waals surface area contributed by atoms with Crippen LogP contribution in [-0.2, 0) is 24.7 Å². The lowest BCUT2D eigenvalue weighted by molar-refractivity contribution is -0.122. The van der Waals surface area contributed by atoms with Crippen molar-refractivity contribution in [3.63, 3.8) is 0 Å². The van der Waals surface area contributed by atoms with Crippen LogP contribution in [0.25, 0.3) is 11.3 Å². The van der Waals surface area contributed by atoms with E-state index in [4.69, 9.17) is 4.98 Å². The van der Waals surface area contributed by atoms with Gasteiger partial charge in [0.1, 0.15) is 5.78 Å². The smallest absolute Gasteiger partial charge is 0.293 e. The van der Waals surface area contributed by atoms with Gasteiger partial charge in [-0.15, -0.1) is 11.3 Å². The third kappa shape index (κ3) is 6.84. The number of carbonyl (C=O) groups is 2. The maximum atomic E-state index is 13.3. The molecule has 2 unspecified atom stereocenters. The number of carbonyl (C=O) groups excluding carboxylic acids is 2. The first-order valence-electron chi connectivity index (χ1n) is 16.1. The molecule has 2 aromatic heterocycles. The topological polar surface area (TPSA) is 108 Å². The number of benzene rings is 2. The number of fused-ring (bicyclic) bond motifs is 1. The van der Waals surface area contributed by atoms with Gasteiger partial charge in [0, 0.05) is 60.7 Å². The van der Waals surface area contributed by atoms with Gasteiger partial charge >= 0.3 is 0 Å². The lowest BCUT2D eigenvalue weighted by atomic mass is 10.0. The van der Waals surface area contributed by atoms with Crippen molar-refractivity contribution in [3.8, 4) is 11.3 Å². The van der Waals surface area contributed by atoms with Crippen LogP contribution in [0, 0.1) is 6.92 Å². The largest absolute Gasteiger partial charge is 0.336 e. The number of thiophene rings is 1. The van der Waals surface area contributed by atoms with E-state index in [1.165, 1.54) is 34.3 Å². The van der Waals surface area contributed by atoms with Crippen LogP contribution >= 0.6 is 11.3 Å². The van der Waals surface area contributed by atoms with Gasteiger partial charge in [-0.25, -0.2) is 4.98 Å². The number of hydrogen-bond donors (Lipinski definition) is 3. The second kappa shape index (κ2) is 13.7. The van der Waals surface area contributed by atoms with Crippen LogP contribution in [0.3, 0.4) is 0 Å². The van der Waals surface area contributed by atoms with E-state index >= 15 is 0 Å². The number of anilines is 3. The molecule has 1 aliphatic heterocycles. The van der Waals surface area contributed by atoms with E-state index in [1.807, 2.05) is 56.3 Å². The van der Waals surface area contributed by atoms with E-state index in [1.54, 1.807) is 31.5 Å². The first kappa shape index (κ1) is 31.8. The minimum atomic E-state index is -0.241. The van der Waals surface area contributed by atoms with Gasteiger partial charge in [-0.05, 0) is 87.4 Å². The molecule has 0 spiro atoms. The fourth-order valence-electron chi connectivity index (χ4n) is 6.37. The molecule has 10 heteroatoms. The van der Waals surface area contributed by atoms with E-state index in [0.717, 1.165) is 65.4 Å². The van der Waals surface area contributed by atoms with Gasteiger partial charge in [-0.2, -0.15) is 0 Å². The van der Waals surface area contributed by atoms with Gasteiger partial charge < -0.3 is 20.5 Å². The maximum Gasteiger partial charge on any atom is 0.293 e. The van der Waals surface area contributed by atoms with Gasteiger partial charge in [0.25, 0.3) is 11.5 Å². The molecule has 1 amide bonds. The number of ketones is 1. The Morgan fingerprint density at radius 2 is 1.87 bits per heavy atom. The Balaban J connectivity index is 1.19. The highest BCUT2D eigenvalue weighted by molar-refractivity contribution is 7.14. The molecule has 0 bridgehead atoms. The van der Waals surface area contributed by atoms with Crippen LogP contribution in [-0.4, -0.2) is 51.8 Å². The van der Waals surface area contributed by atoms with E-state index in [0.29, 0.717) is 5.69 Å². The molecule has 240 valence electrons. The van der Waals surface area contributed by atoms with Crippen LogP contribution in [0.5, 0.6) is 0 Å². The zero-order valence-electron chi connectivity index (χ0n) is 27.0. The van der Waals surface area contributed by atoms with Gasteiger partial charge in [-0.1, -0.05) is 30.7 Å². The Kier molecular flexibility index (Phi) is 9.49. The van der Waals surface area contributed by atoms with Crippen molar-refractivity contribution in [1.29, 1.82) is 0 Å². The summed E-state index contributed by atoms with van der Waals surface area (Å²) >= 11 is 1.61. The van der Waals surface area contributed by atoms with E-state index in [-0.39, 0.29) is 35.2 Å². The van der Waals surface area contributed by atoms with Crippen LogP contribution in [0.2, 0.25) is 0 Å². The number of nitrogens with one attached hydrogen (secondary N) is 3. The third-order valence-corrected chi connectivity index (χ3v) is 10.6. The van der Waals surface area contributed by atoms with Crippen LogP contribution < -0.4 is 21.5 Å². The van der Waals surface area contributed by atoms with Crippen molar-refractivity contribution in [2.75, 3.05) is 30.3 Å². The van der Waals surface area contributed by atoms with Crippen LogP contribution in [0.4, 0.5) is 17.2 Å². The molecule has 4 aromatic rings. The van der Waals surface area contributed by atoms with Gasteiger partial charge in [0.05, 0.1) is 16.6 Å². The van der Waals surface area contributed by atoms with Crippen molar-refractivity contribution in [2.45, 2.75) is 65.0 Å². The fourth-order valence-corrected chi connectivity index (χ4v) is 7.52. The monoisotopic (exact) mass is 638 g/mol. The molecule has 0 saturated carbocycles. The summed E-state index contributed by atoms with van der Waals surface area (Å²) in [4.78, 5) is 47.4. The number of Topliss-reactive ketones (excluding diaryl/α,β-unsaturated/α-hetero) is 1. The van der Waals surface area contributed by atoms with Gasteiger partial charge in [0.15, 0.2) is 5.82 Å². The summed E-state index contributed by atoms with van der Waals surface area (Å²) in [5.74, 6) is 0.302. The van der Waals surface area contributed by atoms with Gasteiger partial charge in [0.2, 0.25) is 0 Å². The molecule has 9 nitrogen and oxygen atoms in total. The van der Waals surface area contributed by atoms with Crippen molar-refractivity contribution in [3.05, 3.63) is 91.5 Å². The number of nitrogens with zero attached hydrogens (tertiary/aromatic N) is 3. The summed E-state index contributed by atoms with van der Waals surface area (Å²) in [5.41, 5.74) is 6.01. The molecule has 1 fully saturated rings. The van der Waals surface area contributed by atoms with Crippen molar-refractivity contribution < 1.29 is 9.59 Å². The summed E-state index contributed by atoms with van der Waals surface area (Å²) < 4.78 is 1.53. The van der Waals surface area contributed by atoms with Crippen LogP contribution in [0.15, 0.2) is 59.5 Å². The van der Waals surface area contributed by atoms with Crippen molar-refractivity contribution >= 4 is 40.2 Å². The summed E-state index contributed by atoms with van der Waals surface area (Å²) in [6.07, 6.45) is 7.44. The van der Waals surface area contributed by atoms with Gasteiger partial charge in [-0.3, -0.25) is 19.3 Å². The summed E-state index contributed by atoms with van der Waals surface area (Å²) in [6.45, 7) is 7.98. The SMILES string of the molecule is CC(=O)C(C)N1CCNC(c2ccc(Nc3nc(-c4cccc(NC(=O)c5cc6c(s5)CCCCC6)c4C)cn(C)c3=O)cc2)C1. The molecule has 1 aliphatic carbocycles. The predicted octanol–water partition coefficient (Wildman–Crippen LogP) is 6.01. The average Bonchev–Trinajstić information content (AvgIpc) is 3.34. The third-order valence-electron chi connectivity index (χ3n) is 9.32. The van der Waals surface area contributed by atoms with E-state index < -0.39 is 0 Å². The molecular formula is C36H42N6O3S. The van der Waals surface area contributed by atoms with E-state index in [2.05, 4.69) is 26.9 Å². The number of rotatable bonds is 8. The first-order valence-corrected chi connectivity index (χ1v) is 16.9. The Morgan fingerprint density at radius 1 is 1.09 bits per heavy atom. The molecule has 3 heterocycles. The first-order chi connectivity index (χ1) is 22.2. The highest BCUT2D eigenvalue weighted by Gasteiger charge is 2.26. The maximum absolute atomic E-state index is 13.3. The second-order valence-electron chi connectivity index (χ2n) is 12.5. The molecule has 2 aliphatic rings. The number of amides is 1. The van der Waals surface area contributed by atoms with Crippen molar-refractivity contribution in [1.82, 2.24) is 19.8 Å². The lowest BCUT2D eigenvalue weighted by Gasteiger charge is -2.36. The molecular weight excluding hydrogens is 597 g/mol. The molecule has 1 saturated heterocycles. The normalized spacial score (nSPS) is 17.5. The molecule has 46 heavy (non-hydrogen) atoms. The average molecular weight is 639 g/mol. The second-order valence-corrected chi connectivity index (χ2v) is 13.6. The standard InChI is InChI=1S/C36H42N6O3S/c1-22-28(10-8-11-29(22)40-35(44)33-19-26-9-6-5-7-12-32(26)46-33)31-20-41(4)36(45)34(39-31)38-27-15-13-25(14-16-27)30-21-42(18-17-37-30)23(2)24(3)43/h8,10-11,13-16,19-20,23,30,37H,5-7,9,12,17-18,21H2,1-4H3,(H,38,39)(H,40,44). The Hall–Kier alpha value is -4.12. The van der Waals surface area contributed by atoms with Crippen molar-refractivity contribution in [2.24, 2.45) is 7.05 Å². The number of piperazine rings is 1. The predicted molar refractivity (Wildman–Crippen MR) is 185 cm³/mol. The molecule has 2 aromatic carbocycles. The molecule has 0 radical (unpaired) electrons. The minimum Gasteiger partial charge on any atom is -0.336 e. The fraction of sp³-hybridized carbons (Fsp3) is 0.389. The summed E-state index contributed by atoms with van der Waals surface area (Å²) in [7, 11) is 1.71. The molecule has 3 N–H and O–H groups in total. The zero-order chi connectivity index (χ0) is 32.4. The quantitative estimate of drug-likeness (QED) is 0.203. The Morgan fingerprint density at radius 3 is 2.65 bits per heavy atom. The highest BCUT2D eigenvalue weighted by Crippen LogP contribution is 2.32. The number of aryl methyl sites for hydroxylation is 3. The Bertz CT molecular complexity index is 1790. The molecule has 2 atom stereocenters. The summed E-state index contributed by atoms with van der Waals surface area (Å²) in [5, 5.41) is 9.90. The highest BCUT2D eigenvalue weighted by atomic mass is 32.1. The summed E-state index contributed by atoms with van der Waals surface area (Å²) in [6, 6.07) is 15.8. The zero-order valence-corrected chi connectivity index (χ0v) is 27.8. The number of hydrogen-bond acceptors (Lipinski definition) is 8. The number of aromatic nitrogens is 2. The van der Waals surface area contributed by atoms with Crippen LogP contribution in [0.1, 0.15) is 70.4 Å². The van der Waals surface area contributed by atoms with E-state index in [9.17, 15) is 14.4 Å². The minimum absolute atomic E-state index is 0.0953. The lowest BCUT2D eigenvalue weighted by Crippen LogP contribution is -2.51. The molecule has 6 rings (SSSR count). The Labute approximate surface area is 274 Å².